The van der Waals surface area contributed by atoms with Crippen LogP contribution in [0.1, 0.15) is 120 Å². The van der Waals surface area contributed by atoms with E-state index >= 15 is 0 Å². The molecule has 0 aliphatic carbocycles. The summed E-state index contributed by atoms with van der Waals surface area (Å²) < 4.78 is 45.4. The van der Waals surface area contributed by atoms with Crippen molar-refractivity contribution in [2.45, 2.75) is 138 Å². The second-order valence-electron chi connectivity index (χ2n) is 8.72. The summed E-state index contributed by atoms with van der Waals surface area (Å²) in [5, 5.41) is 0. The predicted octanol–water partition coefficient (Wildman–Crippen LogP) is 7.15. The fraction of sp³-hybridized carbons (Fsp3) is 1.00. The molecule has 200 valence electrons. The molecule has 9 heteroatoms. The Hall–Kier alpha value is 0.651. The van der Waals surface area contributed by atoms with Gasteiger partial charge in [0, 0.05) is 0 Å². The first-order valence-corrected chi connectivity index (χ1v) is 17.6. The first-order valence-electron chi connectivity index (χ1n) is 13.4. The van der Waals surface area contributed by atoms with Gasteiger partial charge in [0.05, 0.1) is 0 Å². The number of hydrogen-bond donors (Lipinski definition) is 0. The van der Waals surface area contributed by atoms with Gasteiger partial charge in [-0.15, -0.1) is 0 Å². The molecule has 0 amide bonds. The van der Waals surface area contributed by atoms with Crippen LogP contribution in [0.25, 0.3) is 0 Å². The van der Waals surface area contributed by atoms with Crippen LogP contribution in [0.4, 0.5) is 0 Å². The van der Waals surface area contributed by atoms with Crippen molar-refractivity contribution in [3.05, 3.63) is 0 Å². The Morgan fingerprint density at radius 2 is 0.848 bits per heavy atom. The van der Waals surface area contributed by atoms with Crippen molar-refractivity contribution in [3.8, 4) is 0 Å². The zero-order valence-electron chi connectivity index (χ0n) is 23.1. The van der Waals surface area contributed by atoms with E-state index in [2.05, 4.69) is 41.5 Å². The Kier molecular flexibility index (Phi) is 20.2. The normalized spacial score (nSPS) is 17.0. The molecule has 0 bridgehead atoms. The molecule has 0 aromatic rings. The van der Waals surface area contributed by atoms with Crippen molar-refractivity contribution in [2.24, 2.45) is 0 Å². The van der Waals surface area contributed by atoms with Gasteiger partial charge in [-0.05, 0) is 0 Å². The average molecular weight is 531 g/mol. The van der Waals surface area contributed by atoms with Crippen molar-refractivity contribution in [1.82, 2.24) is 0 Å². The Balaban J connectivity index is 6.25. The second kappa shape index (κ2) is 19.8. The molecule has 3 unspecified atom stereocenters. The van der Waals surface area contributed by atoms with Gasteiger partial charge in [-0.2, -0.15) is 0 Å². The zero-order valence-corrected chi connectivity index (χ0v) is 25.6. The quantitative estimate of drug-likeness (QED) is 0.103. The van der Waals surface area contributed by atoms with Crippen LogP contribution in [-0.2, 0) is 44.4 Å². The van der Waals surface area contributed by atoms with E-state index in [-0.39, 0.29) is 18.3 Å². The van der Waals surface area contributed by atoms with Gasteiger partial charge < -0.3 is 0 Å². The van der Waals surface area contributed by atoms with Crippen LogP contribution >= 0.6 is 0 Å². The summed E-state index contributed by atoms with van der Waals surface area (Å²) in [4.78, 5) is 0. The van der Waals surface area contributed by atoms with E-state index in [4.69, 9.17) is 26.2 Å². The van der Waals surface area contributed by atoms with Crippen LogP contribution < -0.4 is 0 Å². The van der Waals surface area contributed by atoms with E-state index in [1.165, 1.54) is 0 Å². The molecular weight excluding hydrogens is 476 g/mol. The number of hydrogen-bond acceptors (Lipinski definition) is 7. The van der Waals surface area contributed by atoms with Gasteiger partial charge in [0.25, 0.3) is 0 Å². The van der Waals surface area contributed by atoms with Crippen LogP contribution in [0.5, 0.6) is 0 Å². The van der Waals surface area contributed by atoms with Crippen LogP contribution in [-0.4, -0.2) is 47.2 Å². The molecule has 0 saturated carbocycles. The summed E-state index contributed by atoms with van der Waals surface area (Å²) >= 11 is -4.25. The first-order chi connectivity index (χ1) is 15.8. The summed E-state index contributed by atoms with van der Waals surface area (Å²) in [6, 6.07) is 0. The minimum atomic E-state index is -4.25. The molecule has 0 spiro atoms. The van der Waals surface area contributed by atoms with E-state index in [0.29, 0.717) is 19.8 Å². The molecule has 0 rings (SSSR count). The second-order valence-corrected chi connectivity index (χ2v) is 14.5. The molecule has 0 saturated heterocycles. The summed E-state index contributed by atoms with van der Waals surface area (Å²) in [5.41, 5.74) is 0. The Bertz CT molecular complexity index is 401. The van der Waals surface area contributed by atoms with Gasteiger partial charge in [0.15, 0.2) is 0 Å². The molecule has 0 radical (unpaired) electrons. The average Bonchev–Trinajstić information content (AvgIpc) is 2.79. The van der Waals surface area contributed by atoms with Crippen LogP contribution in [0.3, 0.4) is 0 Å². The van der Waals surface area contributed by atoms with Gasteiger partial charge in [-0.3, -0.25) is 0 Å². The van der Waals surface area contributed by atoms with Crippen LogP contribution in [0.15, 0.2) is 0 Å². The van der Waals surface area contributed by atoms with Crippen molar-refractivity contribution >= 4 is 9.05 Å². The third-order valence-electron chi connectivity index (χ3n) is 5.34. The molecule has 0 heterocycles. The fourth-order valence-electron chi connectivity index (χ4n) is 2.54. The molecule has 33 heavy (non-hydrogen) atoms. The molecule has 7 nitrogen and oxygen atoms in total. The predicted molar refractivity (Wildman–Crippen MR) is 132 cm³/mol. The first kappa shape index (κ1) is 33.7. The van der Waals surface area contributed by atoms with Crippen molar-refractivity contribution in [1.29, 1.82) is 0 Å². The van der Waals surface area contributed by atoms with Crippen LogP contribution in [0.2, 0.25) is 0 Å². The van der Waals surface area contributed by atoms with Gasteiger partial charge in [0.1, 0.15) is 0 Å². The molecule has 0 aromatic heterocycles. The van der Waals surface area contributed by atoms with Gasteiger partial charge in [-0.25, -0.2) is 0 Å². The Morgan fingerprint density at radius 1 is 0.545 bits per heavy atom. The number of rotatable bonds is 23. The van der Waals surface area contributed by atoms with Gasteiger partial charge >= 0.3 is 212 Å². The molecule has 0 fully saturated rings. The monoisotopic (exact) mass is 530 g/mol. The van der Waals surface area contributed by atoms with Crippen molar-refractivity contribution in [3.63, 3.8) is 0 Å². The van der Waals surface area contributed by atoms with Gasteiger partial charge in [-0.1, -0.05) is 0 Å². The van der Waals surface area contributed by atoms with E-state index in [9.17, 15) is 0 Å². The third kappa shape index (κ3) is 14.7. The Labute approximate surface area is 211 Å². The third-order valence-corrected chi connectivity index (χ3v) is 12.9. The number of unbranched alkanes of at least 4 members (excludes halogenated alkanes) is 3. The minimum absolute atomic E-state index is 0.0909. The van der Waals surface area contributed by atoms with E-state index < -0.39 is 27.2 Å². The zero-order chi connectivity index (χ0) is 25.2. The Morgan fingerprint density at radius 3 is 1.09 bits per heavy atom. The fourth-order valence-corrected chi connectivity index (χ4v) is 10.5. The standard InChI is InChI=1S/C12H27O4Si.3C4H9O.Ti/c1-7-10(4)14-17(13,15-11(5)8-2)16-12(6)9-3;3*1-2-3-4-5;/h10-12H,7-9H2,1-6H3;3*2-4H2,1H3;/q4*-1;+4. The molecule has 0 aromatic carbocycles. The van der Waals surface area contributed by atoms with E-state index in [1.54, 1.807) is 0 Å². The SMILES string of the molecule is CCCC[O][Ti]([O]CCCC)([O]CCCC)[O][Si](OC(C)CC)(OC(C)CC)OC(C)CC. The maximum atomic E-state index is 6.78. The van der Waals surface area contributed by atoms with Crippen molar-refractivity contribution < 1.29 is 44.4 Å². The topological polar surface area (TPSA) is 64.6 Å². The molecule has 0 aliphatic heterocycles. The van der Waals surface area contributed by atoms with Gasteiger partial charge in [0.2, 0.25) is 0 Å². The molecule has 0 aliphatic rings. The van der Waals surface area contributed by atoms with Crippen LogP contribution in [0, 0.1) is 0 Å². The van der Waals surface area contributed by atoms with E-state index in [1.807, 2.05) is 20.8 Å². The maximum absolute atomic E-state index is 6.78. The summed E-state index contributed by atoms with van der Waals surface area (Å²) in [6.45, 7) is 20.3. The molecule has 0 N–H and O–H groups in total. The van der Waals surface area contributed by atoms with E-state index in [0.717, 1.165) is 57.8 Å². The van der Waals surface area contributed by atoms with Crippen molar-refractivity contribution in [2.75, 3.05) is 19.8 Å². The molecular formula is C24H54O7SiTi. The summed E-state index contributed by atoms with van der Waals surface area (Å²) in [6.07, 6.45) is 7.94. The summed E-state index contributed by atoms with van der Waals surface area (Å²) in [7, 11) is -3.66. The molecule has 3 atom stereocenters. The summed E-state index contributed by atoms with van der Waals surface area (Å²) in [5.74, 6) is 0.